The average Bonchev–Trinajstić information content (AvgIpc) is 3.20. The van der Waals surface area contributed by atoms with Gasteiger partial charge < -0.3 is 15.2 Å². The van der Waals surface area contributed by atoms with Crippen molar-refractivity contribution in [2.75, 3.05) is 19.6 Å². The molecule has 2 fully saturated rings. The Labute approximate surface area is 129 Å². The highest BCUT2D eigenvalue weighted by Gasteiger charge is 2.39. The third-order valence-electron chi connectivity index (χ3n) is 5.33. The predicted octanol–water partition coefficient (Wildman–Crippen LogP) is -0.192. The van der Waals surface area contributed by atoms with E-state index in [0.29, 0.717) is 37.9 Å². The van der Waals surface area contributed by atoms with Crippen LogP contribution in [0, 0.1) is 5.92 Å². The zero-order valence-electron chi connectivity index (χ0n) is 12.6. The molecule has 1 saturated heterocycles. The van der Waals surface area contributed by atoms with Crippen LogP contribution < -0.4 is 5.73 Å². The molecule has 0 radical (unpaired) electrons. The number of likely N-dealkylation sites (tertiary alicyclic amines) is 1. The number of aromatic nitrogens is 2. The number of amides is 2. The third kappa shape index (κ3) is 2.20. The first kappa shape index (κ1) is 13.8. The number of nitrogens with zero attached hydrogens (tertiary/aromatic N) is 4. The molecule has 3 aliphatic rings. The fourth-order valence-corrected chi connectivity index (χ4v) is 4.16. The van der Waals surface area contributed by atoms with E-state index in [1.807, 2.05) is 9.47 Å². The van der Waals surface area contributed by atoms with E-state index in [-0.39, 0.29) is 5.91 Å². The maximum Gasteiger partial charge on any atom is 0.266 e. The molecule has 22 heavy (non-hydrogen) atoms. The maximum atomic E-state index is 12.5. The summed E-state index contributed by atoms with van der Waals surface area (Å²) in [4.78, 5) is 32.3. The van der Waals surface area contributed by atoms with Gasteiger partial charge in [0.25, 0.3) is 5.91 Å². The first-order valence-electron chi connectivity index (χ1n) is 7.98. The van der Waals surface area contributed by atoms with Gasteiger partial charge in [0.2, 0.25) is 5.91 Å². The summed E-state index contributed by atoms with van der Waals surface area (Å²) in [5.74, 6) is 1.25. The van der Waals surface area contributed by atoms with Crippen molar-refractivity contribution < 1.29 is 9.59 Å². The van der Waals surface area contributed by atoms with Crippen LogP contribution in [0.5, 0.6) is 0 Å². The van der Waals surface area contributed by atoms with Gasteiger partial charge in [0.15, 0.2) is 0 Å². The molecule has 0 aromatic carbocycles. The smallest absolute Gasteiger partial charge is 0.266 e. The number of piperidine rings is 1. The van der Waals surface area contributed by atoms with Crippen molar-refractivity contribution in [1.29, 1.82) is 0 Å². The van der Waals surface area contributed by atoms with Crippen molar-refractivity contribution in [3.05, 3.63) is 17.7 Å². The molecule has 1 aromatic heterocycles. The Morgan fingerprint density at radius 3 is 2.86 bits per heavy atom. The molecule has 2 bridgehead atoms. The number of primary amides is 1. The maximum absolute atomic E-state index is 12.5. The minimum absolute atomic E-state index is 0.169. The first-order chi connectivity index (χ1) is 10.6. The standard InChI is InChI=1S/C15H21N5O2/c16-15(22)12-6-17-13-8-18(3-4-20(12)13)14(21)9-19-7-10-1-2-11(19)5-10/h6,10-11H,1-5,7-9H2,(H2,16,22)/t10-,11+/m0/s1. The Balaban J connectivity index is 1.41. The Morgan fingerprint density at radius 1 is 1.32 bits per heavy atom. The summed E-state index contributed by atoms with van der Waals surface area (Å²) < 4.78 is 1.82. The van der Waals surface area contributed by atoms with Crippen molar-refractivity contribution in [3.63, 3.8) is 0 Å². The molecule has 1 aliphatic carbocycles. The third-order valence-corrected chi connectivity index (χ3v) is 5.33. The molecule has 0 spiro atoms. The number of rotatable bonds is 3. The number of imidazole rings is 1. The summed E-state index contributed by atoms with van der Waals surface area (Å²) in [6.07, 6.45) is 5.33. The van der Waals surface area contributed by atoms with E-state index in [1.165, 1.54) is 25.5 Å². The average molecular weight is 303 g/mol. The molecule has 2 amide bonds. The molecule has 2 N–H and O–H groups in total. The number of hydrogen-bond acceptors (Lipinski definition) is 4. The molecular formula is C15H21N5O2. The van der Waals surface area contributed by atoms with Crippen LogP contribution in [0.3, 0.4) is 0 Å². The Morgan fingerprint density at radius 2 is 2.18 bits per heavy atom. The zero-order chi connectivity index (χ0) is 15.3. The van der Waals surface area contributed by atoms with Crippen LogP contribution in [-0.2, 0) is 17.9 Å². The second kappa shape index (κ2) is 5.08. The predicted molar refractivity (Wildman–Crippen MR) is 78.9 cm³/mol. The SMILES string of the molecule is NC(=O)c1cnc2n1CCN(C(=O)CN1C[C@H]3CC[C@@H]1C3)C2. The Bertz CT molecular complexity index is 625. The van der Waals surface area contributed by atoms with Crippen molar-refractivity contribution in [2.45, 2.75) is 38.4 Å². The lowest BCUT2D eigenvalue weighted by Crippen LogP contribution is -2.46. The Hall–Kier alpha value is -1.89. The van der Waals surface area contributed by atoms with Crippen molar-refractivity contribution >= 4 is 11.8 Å². The largest absolute Gasteiger partial charge is 0.364 e. The van der Waals surface area contributed by atoms with Gasteiger partial charge in [0, 0.05) is 25.7 Å². The molecule has 3 heterocycles. The number of hydrogen-bond donors (Lipinski definition) is 1. The molecule has 7 heteroatoms. The lowest BCUT2D eigenvalue weighted by Gasteiger charge is -2.32. The van der Waals surface area contributed by atoms with Gasteiger partial charge >= 0.3 is 0 Å². The summed E-state index contributed by atoms with van der Waals surface area (Å²) in [5, 5.41) is 0. The lowest BCUT2D eigenvalue weighted by atomic mass is 10.1. The molecule has 2 atom stereocenters. The molecule has 1 saturated carbocycles. The second-order valence-electron chi connectivity index (χ2n) is 6.65. The lowest BCUT2D eigenvalue weighted by molar-refractivity contribution is -0.134. The normalized spacial score (nSPS) is 27.2. The van der Waals surface area contributed by atoms with Gasteiger partial charge in [0.1, 0.15) is 11.5 Å². The topological polar surface area (TPSA) is 84.5 Å². The van der Waals surface area contributed by atoms with Crippen LogP contribution in [0.1, 0.15) is 35.6 Å². The van der Waals surface area contributed by atoms with Crippen LogP contribution in [0.2, 0.25) is 0 Å². The van der Waals surface area contributed by atoms with Gasteiger partial charge in [-0.15, -0.1) is 0 Å². The van der Waals surface area contributed by atoms with E-state index in [9.17, 15) is 9.59 Å². The van der Waals surface area contributed by atoms with E-state index in [1.54, 1.807) is 0 Å². The van der Waals surface area contributed by atoms with Crippen LogP contribution in [0.15, 0.2) is 6.20 Å². The highest BCUT2D eigenvalue weighted by atomic mass is 16.2. The molecule has 4 rings (SSSR count). The summed E-state index contributed by atoms with van der Waals surface area (Å²) in [7, 11) is 0. The van der Waals surface area contributed by atoms with Crippen LogP contribution in [0.4, 0.5) is 0 Å². The van der Waals surface area contributed by atoms with Crippen LogP contribution >= 0.6 is 0 Å². The monoisotopic (exact) mass is 303 g/mol. The summed E-state index contributed by atoms with van der Waals surface area (Å²) >= 11 is 0. The highest BCUT2D eigenvalue weighted by Crippen LogP contribution is 2.37. The minimum atomic E-state index is -0.466. The molecule has 1 aromatic rings. The minimum Gasteiger partial charge on any atom is -0.364 e. The van der Waals surface area contributed by atoms with E-state index in [4.69, 9.17) is 5.73 Å². The zero-order valence-corrected chi connectivity index (χ0v) is 12.6. The fraction of sp³-hybridized carbons (Fsp3) is 0.667. The Kier molecular flexibility index (Phi) is 3.18. The van der Waals surface area contributed by atoms with Crippen LogP contribution in [-0.4, -0.2) is 56.8 Å². The second-order valence-corrected chi connectivity index (χ2v) is 6.65. The molecule has 7 nitrogen and oxygen atoms in total. The first-order valence-corrected chi connectivity index (χ1v) is 7.98. The summed E-state index contributed by atoms with van der Waals surface area (Å²) in [6, 6.07) is 0.613. The van der Waals surface area contributed by atoms with Gasteiger partial charge in [0.05, 0.1) is 19.3 Å². The van der Waals surface area contributed by atoms with Crippen LogP contribution in [0.25, 0.3) is 0 Å². The van der Waals surface area contributed by atoms with Gasteiger partial charge in [-0.3, -0.25) is 14.5 Å². The summed E-state index contributed by atoms with van der Waals surface area (Å²) in [5.41, 5.74) is 5.76. The van der Waals surface area contributed by atoms with Gasteiger partial charge in [-0.1, -0.05) is 0 Å². The molecule has 118 valence electrons. The van der Waals surface area contributed by atoms with Crippen molar-refractivity contribution in [3.8, 4) is 0 Å². The molecular weight excluding hydrogens is 282 g/mol. The van der Waals surface area contributed by atoms with Gasteiger partial charge in [-0.05, 0) is 25.2 Å². The van der Waals surface area contributed by atoms with E-state index < -0.39 is 5.91 Å². The van der Waals surface area contributed by atoms with E-state index in [0.717, 1.165) is 18.3 Å². The van der Waals surface area contributed by atoms with E-state index in [2.05, 4.69) is 9.88 Å². The van der Waals surface area contributed by atoms with Gasteiger partial charge in [-0.2, -0.15) is 0 Å². The van der Waals surface area contributed by atoms with Crippen molar-refractivity contribution in [1.82, 2.24) is 19.4 Å². The van der Waals surface area contributed by atoms with Gasteiger partial charge in [-0.25, -0.2) is 4.98 Å². The molecule has 0 unspecified atom stereocenters. The highest BCUT2D eigenvalue weighted by molar-refractivity contribution is 5.91. The number of carbonyl (C=O) groups excluding carboxylic acids is 2. The quantitative estimate of drug-likeness (QED) is 0.838. The summed E-state index contributed by atoms with van der Waals surface area (Å²) in [6.45, 7) is 3.26. The number of carbonyl (C=O) groups is 2. The fourth-order valence-electron chi connectivity index (χ4n) is 4.16. The van der Waals surface area contributed by atoms with E-state index >= 15 is 0 Å². The van der Waals surface area contributed by atoms with Crippen molar-refractivity contribution in [2.24, 2.45) is 11.7 Å². The number of nitrogens with two attached hydrogens (primary N) is 1. The number of fused-ring (bicyclic) bond motifs is 3. The molecule has 2 aliphatic heterocycles.